The van der Waals surface area contributed by atoms with Gasteiger partial charge in [0.2, 0.25) is 0 Å². The lowest BCUT2D eigenvalue weighted by molar-refractivity contribution is 0.177. The summed E-state index contributed by atoms with van der Waals surface area (Å²) in [5.41, 5.74) is 1.08. The van der Waals surface area contributed by atoms with E-state index in [9.17, 15) is 0 Å². The zero-order chi connectivity index (χ0) is 16.9. The number of thiocarbonyl (C=S) groups is 1. The summed E-state index contributed by atoms with van der Waals surface area (Å²) < 4.78 is 0. The van der Waals surface area contributed by atoms with Crippen LogP contribution < -0.4 is 10.6 Å². The maximum absolute atomic E-state index is 6.05. The van der Waals surface area contributed by atoms with Gasteiger partial charge in [-0.05, 0) is 61.5 Å². The predicted molar refractivity (Wildman–Crippen MR) is 105 cm³/mol. The van der Waals surface area contributed by atoms with Gasteiger partial charge in [-0.15, -0.1) is 0 Å². The lowest BCUT2D eigenvalue weighted by Crippen LogP contribution is -2.53. The van der Waals surface area contributed by atoms with Crippen LogP contribution in [0.3, 0.4) is 0 Å². The van der Waals surface area contributed by atoms with E-state index in [4.69, 9.17) is 23.8 Å². The number of hydrogen-bond acceptors (Lipinski definition) is 1. The maximum Gasteiger partial charge on any atom is 0.171 e. The average molecular weight is 353 g/mol. The van der Waals surface area contributed by atoms with Crippen LogP contribution in [-0.2, 0) is 0 Å². The van der Waals surface area contributed by atoms with Crippen LogP contribution in [0.25, 0.3) is 0 Å². The molecule has 4 heteroatoms. The summed E-state index contributed by atoms with van der Waals surface area (Å²) in [7, 11) is 0. The second kappa shape index (κ2) is 8.34. The molecule has 1 aromatic carbocycles. The molecule has 1 aliphatic rings. The van der Waals surface area contributed by atoms with Gasteiger partial charge in [0.15, 0.2) is 5.11 Å². The Bertz CT molecular complexity index is 534. The van der Waals surface area contributed by atoms with E-state index in [1.807, 2.05) is 24.3 Å². The Labute approximate surface area is 151 Å². The molecule has 0 aromatic heterocycles. The molecule has 0 amide bonds. The molecule has 0 bridgehead atoms. The SMILES string of the molecule is CCC(C)CC1(NC(=S)Nc2cccc(Cl)c2)CCCC(C)C1. The van der Waals surface area contributed by atoms with Crippen LogP contribution in [0, 0.1) is 11.8 Å². The standard InChI is InChI=1S/C19H29ClN2S/c1-4-14(2)12-19(10-6-7-15(3)13-19)22-18(23)21-17-9-5-8-16(20)11-17/h5,8-9,11,14-15H,4,6-7,10,12-13H2,1-3H3,(H2,21,22,23). The maximum atomic E-state index is 6.05. The van der Waals surface area contributed by atoms with Crippen molar-refractivity contribution in [2.24, 2.45) is 11.8 Å². The van der Waals surface area contributed by atoms with Crippen molar-refractivity contribution in [3.05, 3.63) is 29.3 Å². The molecule has 0 heterocycles. The van der Waals surface area contributed by atoms with Crippen molar-refractivity contribution < 1.29 is 0 Å². The molecule has 23 heavy (non-hydrogen) atoms. The zero-order valence-electron chi connectivity index (χ0n) is 14.5. The van der Waals surface area contributed by atoms with Crippen molar-refractivity contribution >= 4 is 34.6 Å². The number of rotatable bonds is 5. The quantitative estimate of drug-likeness (QED) is 0.634. The molecule has 3 unspecified atom stereocenters. The molecule has 1 fully saturated rings. The summed E-state index contributed by atoms with van der Waals surface area (Å²) in [6, 6.07) is 7.70. The minimum Gasteiger partial charge on any atom is -0.357 e. The molecule has 3 atom stereocenters. The third-order valence-electron chi connectivity index (χ3n) is 4.99. The van der Waals surface area contributed by atoms with E-state index in [0.717, 1.165) is 16.6 Å². The van der Waals surface area contributed by atoms with Crippen molar-refractivity contribution in [3.8, 4) is 0 Å². The van der Waals surface area contributed by atoms with Gasteiger partial charge in [-0.25, -0.2) is 0 Å². The molecule has 0 radical (unpaired) electrons. The van der Waals surface area contributed by atoms with E-state index in [-0.39, 0.29) is 5.54 Å². The van der Waals surface area contributed by atoms with Gasteiger partial charge in [0.05, 0.1) is 0 Å². The summed E-state index contributed by atoms with van der Waals surface area (Å²) >= 11 is 11.6. The molecule has 2 nitrogen and oxygen atoms in total. The fourth-order valence-corrected chi connectivity index (χ4v) is 4.32. The molecule has 0 saturated heterocycles. The van der Waals surface area contributed by atoms with E-state index < -0.39 is 0 Å². The lowest BCUT2D eigenvalue weighted by atomic mass is 9.72. The summed E-state index contributed by atoms with van der Waals surface area (Å²) in [6.45, 7) is 6.98. The summed E-state index contributed by atoms with van der Waals surface area (Å²) in [5, 5.41) is 8.40. The van der Waals surface area contributed by atoms with Crippen molar-refractivity contribution in [1.82, 2.24) is 5.32 Å². The van der Waals surface area contributed by atoms with Crippen LogP contribution in [0.15, 0.2) is 24.3 Å². The first-order chi connectivity index (χ1) is 10.9. The van der Waals surface area contributed by atoms with E-state index in [0.29, 0.717) is 11.0 Å². The average Bonchev–Trinajstić information content (AvgIpc) is 2.46. The first-order valence-electron chi connectivity index (χ1n) is 8.77. The van der Waals surface area contributed by atoms with Gasteiger partial charge in [-0.1, -0.05) is 57.7 Å². The highest BCUT2D eigenvalue weighted by Gasteiger charge is 2.36. The first kappa shape index (κ1) is 18.5. The number of halogens is 1. The van der Waals surface area contributed by atoms with Gasteiger partial charge >= 0.3 is 0 Å². The molecule has 1 aromatic rings. The van der Waals surface area contributed by atoms with Crippen LogP contribution in [0.5, 0.6) is 0 Å². The second-order valence-electron chi connectivity index (χ2n) is 7.29. The van der Waals surface area contributed by atoms with E-state index >= 15 is 0 Å². The van der Waals surface area contributed by atoms with Crippen molar-refractivity contribution in [2.75, 3.05) is 5.32 Å². The van der Waals surface area contributed by atoms with Crippen molar-refractivity contribution in [3.63, 3.8) is 0 Å². The highest BCUT2D eigenvalue weighted by molar-refractivity contribution is 7.80. The Morgan fingerprint density at radius 2 is 2.26 bits per heavy atom. The zero-order valence-corrected chi connectivity index (χ0v) is 16.1. The fraction of sp³-hybridized carbons (Fsp3) is 0.632. The normalized spacial score (nSPS) is 25.7. The lowest BCUT2D eigenvalue weighted by Gasteiger charge is -2.43. The highest BCUT2D eigenvalue weighted by atomic mass is 35.5. The Hall–Kier alpha value is -0.800. The van der Waals surface area contributed by atoms with Crippen molar-refractivity contribution in [2.45, 2.75) is 64.8 Å². The molecule has 1 saturated carbocycles. The van der Waals surface area contributed by atoms with E-state index in [2.05, 4.69) is 31.4 Å². The van der Waals surface area contributed by atoms with E-state index in [1.54, 1.807) is 0 Å². The molecular weight excluding hydrogens is 324 g/mol. The number of nitrogens with one attached hydrogen (secondary N) is 2. The van der Waals surface area contributed by atoms with Gasteiger partial charge in [0.25, 0.3) is 0 Å². The van der Waals surface area contributed by atoms with Gasteiger partial charge < -0.3 is 10.6 Å². The Morgan fingerprint density at radius 1 is 1.48 bits per heavy atom. The number of hydrogen-bond donors (Lipinski definition) is 2. The molecular formula is C19H29ClN2S. The van der Waals surface area contributed by atoms with Crippen LogP contribution in [0.4, 0.5) is 5.69 Å². The van der Waals surface area contributed by atoms with Gasteiger partial charge in [0.1, 0.15) is 0 Å². The number of anilines is 1. The first-order valence-corrected chi connectivity index (χ1v) is 9.56. The predicted octanol–water partition coefficient (Wildman–Crippen LogP) is 6.01. The minimum absolute atomic E-state index is 0.135. The molecule has 2 rings (SSSR count). The monoisotopic (exact) mass is 352 g/mol. The molecule has 1 aliphatic carbocycles. The van der Waals surface area contributed by atoms with E-state index in [1.165, 1.54) is 38.5 Å². The van der Waals surface area contributed by atoms with Gasteiger partial charge in [0, 0.05) is 16.2 Å². The molecule has 0 spiro atoms. The Balaban J connectivity index is 2.05. The van der Waals surface area contributed by atoms with Crippen LogP contribution in [0.2, 0.25) is 5.02 Å². The molecule has 0 aliphatic heterocycles. The third kappa shape index (κ3) is 5.65. The van der Waals surface area contributed by atoms with Gasteiger partial charge in [-0.2, -0.15) is 0 Å². The summed E-state index contributed by atoms with van der Waals surface area (Å²) in [4.78, 5) is 0. The van der Waals surface area contributed by atoms with Gasteiger partial charge in [-0.3, -0.25) is 0 Å². The third-order valence-corrected chi connectivity index (χ3v) is 5.43. The summed E-state index contributed by atoms with van der Waals surface area (Å²) in [6.07, 6.45) is 7.42. The molecule has 2 N–H and O–H groups in total. The molecule has 128 valence electrons. The van der Waals surface area contributed by atoms with Crippen molar-refractivity contribution in [1.29, 1.82) is 0 Å². The Kier molecular flexibility index (Phi) is 6.72. The minimum atomic E-state index is 0.135. The van der Waals surface area contributed by atoms with Crippen LogP contribution in [0.1, 0.15) is 59.3 Å². The largest absolute Gasteiger partial charge is 0.357 e. The smallest absolute Gasteiger partial charge is 0.171 e. The fourth-order valence-electron chi connectivity index (χ4n) is 3.79. The van der Waals surface area contributed by atoms with Crippen LogP contribution >= 0.6 is 23.8 Å². The number of benzene rings is 1. The highest BCUT2D eigenvalue weighted by Crippen LogP contribution is 2.37. The van der Waals surface area contributed by atoms with Crippen LogP contribution in [-0.4, -0.2) is 10.7 Å². The Morgan fingerprint density at radius 3 is 2.91 bits per heavy atom. The second-order valence-corrected chi connectivity index (χ2v) is 8.13. The summed E-state index contributed by atoms with van der Waals surface area (Å²) in [5.74, 6) is 1.47. The topological polar surface area (TPSA) is 24.1 Å².